The molecule has 1 atom stereocenters. The van der Waals surface area contributed by atoms with Crippen molar-refractivity contribution in [2.75, 3.05) is 12.9 Å². The Kier molecular flexibility index (Phi) is 6.53. The van der Waals surface area contributed by atoms with Crippen LogP contribution in [-0.2, 0) is 11.2 Å². The SMILES string of the molecule is CCCc1ccc(S(#COC)(CCC)c2ccc(C)cc2)cc1. The van der Waals surface area contributed by atoms with Gasteiger partial charge in [0.1, 0.15) is 0 Å². The average Bonchev–Trinajstić information content (AvgIpc) is 2.56. The third kappa shape index (κ3) is 4.09. The topological polar surface area (TPSA) is 9.23 Å². The van der Waals surface area contributed by atoms with E-state index in [-0.39, 0.29) is 0 Å². The molecule has 0 spiro atoms. The standard InChI is InChI=1S/C21H28OS/c1-5-7-19-10-14-21(15-11-19)23(16-6-2,17-22-4)20-12-8-18(3)9-13-20/h8-15H,5-7,16H2,1-4H3. The van der Waals surface area contributed by atoms with Crippen LogP contribution < -0.4 is 0 Å². The van der Waals surface area contributed by atoms with Gasteiger partial charge >= 0.3 is 0 Å². The summed E-state index contributed by atoms with van der Waals surface area (Å²) in [7, 11) is 0.345. The van der Waals surface area contributed by atoms with Crippen molar-refractivity contribution in [2.45, 2.75) is 49.8 Å². The van der Waals surface area contributed by atoms with Gasteiger partial charge in [-0.2, -0.15) is 0 Å². The minimum absolute atomic E-state index is 1.07. The second-order valence-electron chi connectivity index (χ2n) is 5.94. The van der Waals surface area contributed by atoms with Crippen molar-refractivity contribution in [1.29, 1.82) is 0 Å². The molecule has 0 saturated heterocycles. The highest BCUT2D eigenvalue weighted by atomic mass is 32.2. The third-order valence-corrected chi connectivity index (χ3v) is 7.65. The van der Waals surface area contributed by atoms with E-state index in [0.717, 1.165) is 18.6 Å². The van der Waals surface area contributed by atoms with E-state index in [1.54, 1.807) is 7.11 Å². The van der Waals surface area contributed by atoms with E-state index in [2.05, 4.69) is 74.7 Å². The molecule has 0 aliphatic carbocycles. The van der Waals surface area contributed by atoms with Crippen LogP contribution >= 0.6 is 9.44 Å². The molecule has 0 aliphatic heterocycles. The molecule has 0 fully saturated rings. The van der Waals surface area contributed by atoms with Crippen LogP contribution in [0.25, 0.3) is 0 Å². The highest BCUT2D eigenvalue weighted by molar-refractivity contribution is 8.24. The molecule has 0 saturated carbocycles. The Morgan fingerprint density at radius 3 is 1.91 bits per heavy atom. The molecular weight excluding hydrogens is 300 g/mol. The number of ether oxygens (including phenoxy) is 1. The Morgan fingerprint density at radius 2 is 1.43 bits per heavy atom. The number of hydrogen-bond acceptors (Lipinski definition) is 1. The van der Waals surface area contributed by atoms with Gasteiger partial charge in [0, 0.05) is 15.2 Å². The maximum atomic E-state index is 5.46. The zero-order valence-corrected chi connectivity index (χ0v) is 15.6. The van der Waals surface area contributed by atoms with E-state index in [0.29, 0.717) is 0 Å². The molecule has 2 aromatic rings. The predicted molar refractivity (Wildman–Crippen MR) is 102 cm³/mol. The van der Waals surface area contributed by atoms with Crippen molar-refractivity contribution in [1.82, 2.24) is 0 Å². The summed E-state index contributed by atoms with van der Waals surface area (Å²) in [5.41, 5.74) is 2.69. The van der Waals surface area contributed by atoms with Gasteiger partial charge in [0.2, 0.25) is 0 Å². The summed E-state index contributed by atoms with van der Waals surface area (Å²) < 4.78 is 5.46. The largest absolute Gasteiger partial charge is 0.304 e. The van der Waals surface area contributed by atoms with E-state index in [1.807, 2.05) is 0 Å². The molecule has 0 radical (unpaired) electrons. The summed E-state index contributed by atoms with van der Waals surface area (Å²) in [5.74, 6) is 1.07. The first-order chi connectivity index (χ1) is 11.2. The smallest absolute Gasteiger partial charge is 0.0526 e. The van der Waals surface area contributed by atoms with E-state index in [1.165, 1.54) is 27.3 Å². The second kappa shape index (κ2) is 8.40. The quantitative estimate of drug-likeness (QED) is 0.657. The lowest BCUT2D eigenvalue weighted by Crippen LogP contribution is -1.98. The van der Waals surface area contributed by atoms with E-state index >= 15 is 0 Å². The molecule has 1 nitrogen and oxygen atoms in total. The van der Waals surface area contributed by atoms with Gasteiger partial charge in [0.05, 0.1) is 7.11 Å². The molecule has 0 heterocycles. The average molecular weight is 329 g/mol. The van der Waals surface area contributed by atoms with Crippen molar-refractivity contribution in [3.05, 3.63) is 59.7 Å². The summed E-state index contributed by atoms with van der Waals surface area (Å²) in [6.45, 7) is 6.59. The minimum Gasteiger partial charge on any atom is -0.304 e. The molecular formula is C21H28OS. The van der Waals surface area contributed by atoms with Gasteiger partial charge in [0.15, 0.2) is 0 Å². The van der Waals surface area contributed by atoms with Crippen molar-refractivity contribution in [3.8, 4) is 5.37 Å². The summed E-state index contributed by atoms with van der Waals surface area (Å²) >= 11 is 0. The van der Waals surface area contributed by atoms with Crippen molar-refractivity contribution < 1.29 is 4.74 Å². The number of methoxy groups -OCH3 is 1. The summed E-state index contributed by atoms with van der Waals surface area (Å²) in [5, 5.41) is 3.38. The Labute approximate surface area is 142 Å². The summed E-state index contributed by atoms with van der Waals surface area (Å²) in [6, 6.07) is 18.0. The van der Waals surface area contributed by atoms with Crippen LogP contribution in [0, 0.1) is 12.3 Å². The fourth-order valence-electron chi connectivity index (χ4n) is 2.91. The first kappa shape index (κ1) is 17.9. The van der Waals surface area contributed by atoms with Crippen LogP contribution in [0.4, 0.5) is 0 Å². The van der Waals surface area contributed by atoms with Crippen molar-refractivity contribution >= 4 is 9.44 Å². The molecule has 2 aromatic carbocycles. The maximum absolute atomic E-state index is 5.46. The maximum Gasteiger partial charge on any atom is 0.0526 e. The monoisotopic (exact) mass is 328 g/mol. The van der Waals surface area contributed by atoms with Crippen LogP contribution in [0.15, 0.2) is 58.3 Å². The number of benzene rings is 2. The molecule has 0 aromatic heterocycles. The first-order valence-corrected chi connectivity index (χ1v) is 10.2. The first-order valence-electron chi connectivity index (χ1n) is 8.42. The van der Waals surface area contributed by atoms with Gasteiger partial charge in [-0.05, 0) is 55.3 Å². The van der Waals surface area contributed by atoms with Crippen LogP contribution in [0.1, 0.15) is 37.8 Å². The molecule has 0 bridgehead atoms. The lowest BCUT2D eigenvalue weighted by molar-refractivity contribution is 0.375. The van der Waals surface area contributed by atoms with E-state index in [9.17, 15) is 0 Å². The molecule has 0 aliphatic rings. The second-order valence-corrected chi connectivity index (χ2v) is 8.93. The molecule has 2 heteroatoms. The Hall–Kier alpha value is -1.47. The Morgan fingerprint density at radius 1 is 0.870 bits per heavy atom. The molecule has 0 amide bonds. The Bertz CT molecular complexity index is 727. The lowest BCUT2D eigenvalue weighted by Gasteiger charge is -2.25. The van der Waals surface area contributed by atoms with Gasteiger partial charge in [-0.1, -0.05) is 50.1 Å². The highest BCUT2D eigenvalue weighted by Gasteiger charge is 2.17. The number of rotatable bonds is 3. The van der Waals surface area contributed by atoms with Crippen LogP contribution in [0.5, 0.6) is 0 Å². The fraction of sp³-hybridized carbons (Fsp3) is 0.381. The van der Waals surface area contributed by atoms with Crippen LogP contribution in [0.2, 0.25) is 0 Å². The lowest BCUT2D eigenvalue weighted by atomic mass is 10.1. The van der Waals surface area contributed by atoms with E-state index in [4.69, 9.17) is 4.74 Å². The van der Waals surface area contributed by atoms with E-state index < -0.39 is 9.44 Å². The van der Waals surface area contributed by atoms with Gasteiger partial charge in [-0.3, -0.25) is 0 Å². The zero-order chi connectivity index (χ0) is 16.7. The van der Waals surface area contributed by atoms with Crippen molar-refractivity contribution in [3.63, 3.8) is 0 Å². The minimum atomic E-state index is -1.37. The third-order valence-electron chi connectivity index (χ3n) is 4.02. The number of hydrogen-bond donors (Lipinski definition) is 0. The van der Waals surface area contributed by atoms with Crippen molar-refractivity contribution in [2.24, 2.45) is 0 Å². The fourth-order valence-corrected chi connectivity index (χ4v) is 6.02. The normalized spacial score (nSPS) is 13.4. The highest BCUT2D eigenvalue weighted by Crippen LogP contribution is 2.51. The summed E-state index contributed by atoms with van der Waals surface area (Å²) in [4.78, 5) is 2.67. The predicted octanol–water partition coefficient (Wildman–Crippen LogP) is 6.14. The molecule has 23 heavy (non-hydrogen) atoms. The van der Waals surface area contributed by atoms with Crippen LogP contribution in [-0.4, -0.2) is 12.9 Å². The van der Waals surface area contributed by atoms with Gasteiger partial charge in [-0.15, -0.1) is 9.44 Å². The van der Waals surface area contributed by atoms with Crippen LogP contribution in [0.3, 0.4) is 0 Å². The van der Waals surface area contributed by atoms with Gasteiger partial charge in [0.25, 0.3) is 0 Å². The van der Waals surface area contributed by atoms with Gasteiger partial charge in [-0.25, -0.2) is 0 Å². The molecule has 1 unspecified atom stereocenters. The summed E-state index contributed by atoms with van der Waals surface area (Å²) in [6.07, 6.45) is 3.43. The molecule has 124 valence electrons. The van der Waals surface area contributed by atoms with Gasteiger partial charge < -0.3 is 4.74 Å². The molecule has 0 N–H and O–H groups in total. The Balaban J connectivity index is 2.59. The zero-order valence-electron chi connectivity index (χ0n) is 14.8. The molecule has 2 rings (SSSR count). The number of aryl methyl sites for hydroxylation is 2.